The number of rotatable bonds is 11. The van der Waals surface area contributed by atoms with Crippen molar-refractivity contribution in [1.29, 1.82) is 0 Å². The maximum Gasteiger partial charge on any atom is 0.110 e. The molecule has 1 aliphatic carbocycles. The number of terminal acetylenes is 1. The van der Waals surface area contributed by atoms with Crippen LogP contribution in [0.1, 0.15) is 97.3 Å². The van der Waals surface area contributed by atoms with Gasteiger partial charge in [0.25, 0.3) is 0 Å². The molecular weight excluding hydrogens is 581 g/mol. The van der Waals surface area contributed by atoms with Crippen molar-refractivity contribution in [1.82, 2.24) is 0 Å². The molecule has 0 N–H and O–H groups in total. The molecule has 3 aromatic carbocycles. The van der Waals surface area contributed by atoms with E-state index in [-0.39, 0.29) is 17.3 Å². The number of aliphatic imine (C=N–C) groups is 1. The van der Waals surface area contributed by atoms with Gasteiger partial charge in [-0.15, -0.1) is 18.9 Å². The number of nitrogens with zero attached hydrogens (tertiary/aromatic N) is 2. The summed E-state index contributed by atoms with van der Waals surface area (Å²) in [5, 5.41) is 0. The molecule has 0 aliphatic heterocycles. The second-order valence-electron chi connectivity index (χ2n) is 12.8. The van der Waals surface area contributed by atoms with E-state index in [1.807, 2.05) is 42.5 Å². The normalized spacial score (nSPS) is 13.9. The lowest BCUT2D eigenvalue weighted by atomic mass is 9.72. The molecule has 0 aromatic heterocycles. The van der Waals surface area contributed by atoms with Gasteiger partial charge in [0.15, 0.2) is 0 Å². The largest absolute Gasteiger partial charge is 0.302 e. The van der Waals surface area contributed by atoms with Crippen LogP contribution in [0.3, 0.4) is 0 Å². The fraction of sp³-hybridized carbons (Fsp3) is 0.326. The van der Waals surface area contributed by atoms with E-state index in [0.29, 0.717) is 0 Å². The predicted octanol–water partition coefficient (Wildman–Crippen LogP) is 13.0. The second-order valence-corrected chi connectivity index (χ2v) is 12.8. The molecule has 0 saturated heterocycles. The molecule has 2 nitrogen and oxygen atoms in total. The van der Waals surface area contributed by atoms with Crippen molar-refractivity contribution < 1.29 is 0 Å². The Morgan fingerprint density at radius 1 is 0.958 bits per heavy atom. The van der Waals surface area contributed by atoms with Crippen LogP contribution in [-0.4, -0.2) is 5.84 Å². The molecule has 0 fully saturated rings. The molecule has 2 atom stereocenters. The first kappa shape index (κ1) is 39.6. The fourth-order valence-electron chi connectivity index (χ4n) is 5.80. The molecule has 0 heterocycles. The maximum atomic E-state index is 5.01. The van der Waals surface area contributed by atoms with Crippen molar-refractivity contribution in [3.05, 3.63) is 156 Å². The summed E-state index contributed by atoms with van der Waals surface area (Å²) < 4.78 is 0. The van der Waals surface area contributed by atoms with Gasteiger partial charge in [-0.25, -0.2) is 4.99 Å². The van der Waals surface area contributed by atoms with Crippen LogP contribution >= 0.6 is 0 Å². The van der Waals surface area contributed by atoms with E-state index in [1.54, 1.807) is 12.5 Å². The van der Waals surface area contributed by atoms with E-state index in [4.69, 9.17) is 11.6 Å². The zero-order chi connectivity index (χ0) is 35.7. The highest BCUT2D eigenvalue weighted by atomic mass is 15.2. The monoisotopic (exact) mass is 638 g/mol. The molecule has 2 unspecified atom stereocenters. The van der Waals surface area contributed by atoms with Crippen molar-refractivity contribution >= 4 is 17.2 Å². The maximum absolute atomic E-state index is 5.01. The summed E-state index contributed by atoms with van der Waals surface area (Å²) >= 11 is 0. The Kier molecular flexibility index (Phi) is 16.4. The molecule has 2 heteroatoms. The molecule has 0 saturated carbocycles. The second kappa shape index (κ2) is 19.9. The number of amidine groups is 1. The standard InChI is InChI=1S/C35H44N2.C8H10.C3H4/c1-10-25(3)31-21-16-18-24-34(31)37(29(7)36-27(5)30-19-13-12-14-20-30)28(6)26(4)32-22-15-17-23-33(32)35(8,9)11-2;1-2-8-6-4-3-5-7-8;1-3-2/h10,12-16,18-22,24-26H,1,5-6,11,17,23H2,2-4,7-9H3;3-7H,2H2,1H3;1H,2H3. The van der Waals surface area contributed by atoms with Gasteiger partial charge in [0.2, 0.25) is 0 Å². The number of benzene rings is 3. The Morgan fingerprint density at radius 2 is 1.52 bits per heavy atom. The van der Waals surface area contributed by atoms with Crippen LogP contribution in [0.25, 0.3) is 5.70 Å². The smallest absolute Gasteiger partial charge is 0.110 e. The first-order valence-electron chi connectivity index (χ1n) is 17.3. The van der Waals surface area contributed by atoms with E-state index < -0.39 is 0 Å². The number of hydrogen-bond donors (Lipinski definition) is 0. The van der Waals surface area contributed by atoms with Crippen LogP contribution in [0.15, 0.2) is 145 Å². The Hall–Kier alpha value is -4.61. The van der Waals surface area contributed by atoms with E-state index in [0.717, 1.165) is 54.2 Å². The minimum absolute atomic E-state index is 0.125. The Morgan fingerprint density at radius 3 is 2.06 bits per heavy atom. The average Bonchev–Trinajstić information content (AvgIpc) is 3.12. The SMILES string of the molecule is C#CC.C=CC(C)c1ccccc1N(C(=C)C(C)C1=C(C(C)(C)CC)CCC=C1)C(C)=NC(=C)c1ccccc1.CCc1ccccc1. The van der Waals surface area contributed by atoms with Gasteiger partial charge in [-0.3, -0.25) is 0 Å². The fourth-order valence-corrected chi connectivity index (χ4v) is 5.80. The third-order valence-electron chi connectivity index (χ3n) is 9.16. The van der Waals surface area contributed by atoms with Gasteiger partial charge in [-0.2, -0.15) is 0 Å². The van der Waals surface area contributed by atoms with Crippen molar-refractivity contribution in [2.45, 2.75) is 87.0 Å². The summed E-state index contributed by atoms with van der Waals surface area (Å²) in [6.07, 6.45) is 15.7. The first-order valence-corrected chi connectivity index (χ1v) is 17.3. The number of anilines is 1. The van der Waals surface area contributed by atoms with Crippen LogP contribution in [0, 0.1) is 23.7 Å². The summed E-state index contributed by atoms with van der Waals surface area (Å²) in [7, 11) is 0. The van der Waals surface area contributed by atoms with Crippen LogP contribution in [-0.2, 0) is 6.42 Å². The minimum atomic E-state index is 0.125. The number of allylic oxidation sites excluding steroid dienone is 5. The van der Waals surface area contributed by atoms with Crippen molar-refractivity contribution in [2.75, 3.05) is 4.90 Å². The summed E-state index contributed by atoms with van der Waals surface area (Å²) in [6.45, 7) is 30.4. The first-order chi connectivity index (χ1) is 23.0. The molecule has 1 aliphatic rings. The molecule has 48 heavy (non-hydrogen) atoms. The van der Waals surface area contributed by atoms with Crippen molar-refractivity contribution in [2.24, 2.45) is 16.3 Å². The zero-order valence-electron chi connectivity index (χ0n) is 30.9. The van der Waals surface area contributed by atoms with Gasteiger partial charge in [-0.1, -0.05) is 157 Å². The van der Waals surface area contributed by atoms with Crippen LogP contribution in [0.2, 0.25) is 0 Å². The highest BCUT2D eigenvalue weighted by Crippen LogP contribution is 2.43. The Balaban J connectivity index is 0.000000619. The molecule has 0 spiro atoms. The third kappa shape index (κ3) is 11.0. The summed E-state index contributed by atoms with van der Waals surface area (Å²) in [6, 6.07) is 29.1. The van der Waals surface area contributed by atoms with Crippen molar-refractivity contribution in [3.63, 3.8) is 0 Å². The quantitative estimate of drug-likeness (QED) is 0.0883. The Labute approximate surface area is 293 Å². The summed E-state index contributed by atoms with van der Waals surface area (Å²) in [5.74, 6) is 3.42. The Bertz CT molecular complexity index is 1610. The lowest BCUT2D eigenvalue weighted by Gasteiger charge is -2.37. The molecular formula is C46H58N2. The highest BCUT2D eigenvalue weighted by Gasteiger charge is 2.30. The van der Waals surface area contributed by atoms with Gasteiger partial charge < -0.3 is 4.90 Å². The third-order valence-corrected chi connectivity index (χ3v) is 9.16. The summed E-state index contributed by atoms with van der Waals surface area (Å²) in [5.41, 5.74) is 9.54. The molecule has 4 rings (SSSR count). The number of aryl methyl sites for hydroxylation is 1. The molecule has 0 radical (unpaired) electrons. The van der Waals surface area contributed by atoms with Gasteiger partial charge in [0.05, 0.1) is 11.4 Å². The predicted molar refractivity (Wildman–Crippen MR) is 214 cm³/mol. The van der Waals surface area contributed by atoms with E-state index >= 15 is 0 Å². The number of para-hydroxylation sites is 1. The van der Waals surface area contributed by atoms with Crippen LogP contribution < -0.4 is 4.90 Å². The molecule has 252 valence electrons. The van der Waals surface area contributed by atoms with Gasteiger partial charge >= 0.3 is 0 Å². The van der Waals surface area contributed by atoms with E-state index in [2.05, 4.69) is 140 Å². The van der Waals surface area contributed by atoms with Crippen LogP contribution in [0.4, 0.5) is 5.69 Å². The minimum Gasteiger partial charge on any atom is -0.302 e. The van der Waals surface area contributed by atoms with E-state index in [1.165, 1.54) is 16.7 Å². The lowest BCUT2D eigenvalue weighted by Crippen LogP contribution is -2.33. The zero-order valence-corrected chi connectivity index (χ0v) is 30.9. The van der Waals surface area contributed by atoms with Crippen LogP contribution in [0.5, 0.6) is 0 Å². The lowest BCUT2D eigenvalue weighted by molar-refractivity contribution is 0.405. The van der Waals surface area contributed by atoms with Gasteiger partial charge in [-0.05, 0) is 73.3 Å². The van der Waals surface area contributed by atoms with Gasteiger partial charge in [0.1, 0.15) is 5.84 Å². The summed E-state index contributed by atoms with van der Waals surface area (Å²) in [4.78, 5) is 7.25. The molecule has 0 bridgehead atoms. The molecule has 3 aromatic rings. The topological polar surface area (TPSA) is 15.6 Å². The average molecular weight is 639 g/mol. The molecule has 0 amide bonds. The van der Waals surface area contributed by atoms with E-state index in [9.17, 15) is 0 Å². The highest BCUT2D eigenvalue weighted by molar-refractivity contribution is 6.02. The van der Waals surface area contributed by atoms with Gasteiger partial charge in [0, 0.05) is 17.5 Å². The van der Waals surface area contributed by atoms with Crippen molar-refractivity contribution in [3.8, 4) is 12.3 Å². The number of hydrogen-bond acceptors (Lipinski definition) is 1.